The van der Waals surface area contributed by atoms with Gasteiger partial charge in [0, 0.05) is 11.4 Å². The van der Waals surface area contributed by atoms with Gasteiger partial charge in [0.15, 0.2) is 4.34 Å². The molecule has 0 saturated heterocycles. The van der Waals surface area contributed by atoms with Crippen molar-refractivity contribution in [2.24, 2.45) is 0 Å². The molecule has 1 heterocycles. The van der Waals surface area contributed by atoms with Crippen LogP contribution < -0.4 is 15.4 Å². The van der Waals surface area contributed by atoms with Crippen LogP contribution in [0.15, 0.2) is 52.9 Å². The topological polar surface area (TPSA) is 99.9 Å². The number of benzene rings is 2. The first kappa shape index (κ1) is 19.7. The summed E-state index contributed by atoms with van der Waals surface area (Å²) >= 11 is 2.70. The molecule has 0 radical (unpaired) electrons. The van der Waals surface area contributed by atoms with Crippen LogP contribution in [0.3, 0.4) is 0 Å². The number of thioether (sulfide) groups is 1. The Bertz CT molecular complexity index is 998. The lowest BCUT2D eigenvalue weighted by molar-refractivity contribution is -0.115. The van der Waals surface area contributed by atoms with Crippen LogP contribution in [0.2, 0.25) is 0 Å². The average Bonchev–Trinajstić information content (AvgIpc) is 3.15. The third-order valence-corrected chi connectivity index (χ3v) is 5.68. The van der Waals surface area contributed by atoms with Crippen LogP contribution in [0.25, 0.3) is 0 Å². The second kappa shape index (κ2) is 9.21. The zero-order valence-corrected chi connectivity index (χ0v) is 16.8. The summed E-state index contributed by atoms with van der Waals surface area (Å²) in [4.78, 5) is 12.4. The lowest BCUT2D eigenvalue weighted by Crippen LogP contribution is -2.22. The Labute approximate surface area is 170 Å². The first-order valence-electron chi connectivity index (χ1n) is 8.29. The molecule has 0 saturated carbocycles. The van der Waals surface area contributed by atoms with E-state index in [-0.39, 0.29) is 11.2 Å². The maximum atomic E-state index is 12.4. The summed E-state index contributed by atoms with van der Waals surface area (Å²) in [6, 6.07) is 16.3. The van der Waals surface area contributed by atoms with Crippen molar-refractivity contribution in [2.45, 2.75) is 16.5 Å². The number of anilines is 3. The van der Waals surface area contributed by atoms with Gasteiger partial charge in [-0.15, -0.1) is 10.2 Å². The van der Waals surface area contributed by atoms with E-state index in [1.54, 1.807) is 38.3 Å². The highest BCUT2D eigenvalue weighted by molar-refractivity contribution is 8.02. The van der Waals surface area contributed by atoms with E-state index in [0.29, 0.717) is 20.7 Å². The number of hydrogen-bond donors (Lipinski definition) is 2. The molecule has 28 heavy (non-hydrogen) atoms. The molecule has 2 N–H and O–H groups in total. The van der Waals surface area contributed by atoms with Gasteiger partial charge in [-0.3, -0.25) is 4.79 Å². The van der Waals surface area contributed by atoms with Crippen LogP contribution in [-0.4, -0.2) is 28.5 Å². The smallest absolute Gasteiger partial charge is 0.237 e. The minimum Gasteiger partial charge on any atom is -0.497 e. The third-order valence-electron chi connectivity index (χ3n) is 3.65. The molecular weight excluding hydrogens is 394 g/mol. The van der Waals surface area contributed by atoms with Crippen molar-refractivity contribution in [1.29, 1.82) is 5.26 Å². The fourth-order valence-corrected chi connectivity index (χ4v) is 4.14. The number of rotatable bonds is 7. The number of carbonyl (C=O) groups excluding carboxylic acids is 1. The van der Waals surface area contributed by atoms with Gasteiger partial charge in [-0.05, 0) is 49.4 Å². The Morgan fingerprint density at radius 2 is 2.00 bits per heavy atom. The van der Waals surface area contributed by atoms with Crippen molar-refractivity contribution in [3.8, 4) is 11.8 Å². The van der Waals surface area contributed by atoms with Crippen molar-refractivity contribution >= 4 is 45.5 Å². The Morgan fingerprint density at radius 3 is 2.71 bits per heavy atom. The summed E-state index contributed by atoms with van der Waals surface area (Å²) in [5, 5.41) is 23.4. The summed E-state index contributed by atoms with van der Waals surface area (Å²) in [7, 11) is 1.62. The number of nitrogens with zero attached hydrogens (tertiary/aromatic N) is 3. The van der Waals surface area contributed by atoms with Gasteiger partial charge >= 0.3 is 0 Å². The predicted molar refractivity (Wildman–Crippen MR) is 111 cm³/mol. The zero-order valence-electron chi connectivity index (χ0n) is 15.2. The SMILES string of the molecule is COc1ccc(Nc2nnc(S[C@@H](C)C(=O)Nc3cccc(C#N)c3)s2)cc1. The molecule has 3 aromatic rings. The maximum Gasteiger partial charge on any atom is 0.237 e. The van der Waals surface area contributed by atoms with Crippen LogP contribution in [0.4, 0.5) is 16.5 Å². The highest BCUT2D eigenvalue weighted by atomic mass is 32.2. The monoisotopic (exact) mass is 411 g/mol. The first-order valence-corrected chi connectivity index (χ1v) is 9.99. The second-order valence-corrected chi connectivity index (χ2v) is 8.23. The molecule has 0 unspecified atom stereocenters. The van der Waals surface area contributed by atoms with Crippen LogP contribution in [0.5, 0.6) is 5.75 Å². The predicted octanol–water partition coefficient (Wildman–Crippen LogP) is 4.28. The van der Waals surface area contributed by atoms with Crippen molar-refractivity contribution in [3.63, 3.8) is 0 Å². The summed E-state index contributed by atoms with van der Waals surface area (Å²) in [6.45, 7) is 1.80. The van der Waals surface area contributed by atoms with E-state index >= 15 is 0 Å². The minimum absolute atomic E-state index is 0.167. The van der Waals surface area contributed by atoms with Gasteiger partial charge < -0.3 is 15.4 Å². The van der Waals surface area contributed by atoms with E-state index in [1.165, 1.54) is 23.1 Å². The molecule has 0 aliphatic heterocycles. The van der Waals surface area contributed by atoms with E-state index in [2.05, 4.69) is 26.9 Å². The number of amides is 1. The fraction of sp³-hybridized carbons (Fsp3) is 0.158. The standard InChI is InChI=1S/C19H17N5O2S2/c1-12(17(25)21-15-5-3-4-13(10-15)11-20)27-19-24-23-18(28-19)22-14-6-8-16(26-2)9-7-14/h3-10,12H,1-2H3,(H,21,25)(H,22,23)/t12-/m0/s1. The van der Waals surface area contributed by atoms with E-state index in [0.717, 1.165) is 11.4 Å². The number of nitriles is 1. The summed E-state index contributed by atoms with van der Waals surface area (Å²) in [5.41, 5.74) is 1.96. The van der Waals surface area contributed by atoms with Gasteiger partial charge in [0.2, 0.25) is 11.0 Å². The molecule has 0 bridgehead atoms. The molecule has 0 aliphatic rings. The van der Waals surface area contributed by atoms with Gasteiger partial charge in [0.05, 0.1) is 24.0 Å². The lowest BCUT2D eigenvalue weighted by atomic mass is 10.2. The number of nitrogens with one attached hydrogen (secondary N) is 2. The number of carbonyl (C=O) groups is 1. The van der Waals surface area contributed by atoms with Crippen LogP contribution in [-0.2, 0) is 4.79 Å². The van der Waals surface area contributed by atoms with Gasteiger partial charge in [-0.2, -0.15) is 5.26 Å². The molecule has 7 nitrogen and oxygen atoms in total. The van der Waals surface area contributed by atoms with Crippen molar-refractivity contribution < 1.29 is 9.53 Å². The quantitative estimate of drug-likeness (QED) is 0.560. The number of aromatic nitrogens is 2. The van der Waals surface area contributed by atoms with Gasteiger partial charge in [0.25, 0.3) is 0 Å². The molecule has 3 rings (SSSR count). The molecule has 142 valence electrons. The molecule has 0 fully saturated rings. The first-order chi connectivity index (χ1) is 13.6. The molecule has 1 atom stereocenters. The molecule has 1 aromatic heterocycles. The van der Waals surface area contributed by atoms with Gasteiger partial charge in [0.1, 0.15) is 5.75 Å². The molecule has 1 amide bonds. The molecule has 0 aliphatic carbocycles. The normalized spacial score (nSPS) is 11.3. The average molecular weight is 412 g/mol. The Morgan fingerprint density at radius 1 is 1.21 bits per heavy atom. The van der Waals surface area contributed by atoms with E-state index < -0.39 is 0 Å². The largest absolute Gasteiger partial charge is 0.497 e. The molecule has 0 spiro atoms. The van der Waals surface area contributed by atoms with Crippen molar-refractivity contribution in [1.82, 2.24) is 10.2 Å². The summed E-state index contributed by atoms with van der Waals surface area (Å²) in [5.74, 6) is 0.610. The molecule has 2 aromatic carbocycles. The van der Waals surface area contributed by atoms with Crippen molar-refractivity contribution in [2.75, 3.05) is 17.7 Å². The number of methoxy groups -OCH3 is 1. The van der Waals surface area contributed by atoms with Crippen LogP contribution in [0.1, 0.15) is 12.5 Å². The highest BCUT2D eigenvalue weighted by Gasteiger charge is 2.17. The van der Waals surface area contributed by atoms with Gasteiger partial charge in [-0.25, -0.2) is 0 Å². The van der Waals surface area contributed by atoms with E-state index in [4.69, 9.17) is 10.00 Å². The highest BCUT2D eigenvalue weighted by Crippen LogP contribution is 2.31. The second-order valence-electron chi connectivity index (χ2n) is 5.67. The van der Waals surface area contributed by atoms with Crippen molar-refractivity contribution in [3.05, 3.63) is 54.1 Å². The zero-order chi connectivity index (χ0) is 19.9. The minimum atomic E-state index is -0.368. The number of hydrogen-bond acceptors (Lipinski definition) is 8. The van der Waals surface area contributed by atoms with E-state index in [9.17, 15) is 4.79 Å². The lowest BCUT2D eigenvalue weighted by Gasteiger charge is -2.10. The number of ether oxygens (including phenoxy) is 1. The Balaban J connectivity index is 1.57. The summed E-state index contributed by atoms with van der Waals surface area (Å²) in [6.07, 6.45) is 0. The Hall–Kier alpha value is -3.09. The fourth-order valence-electron chi connectivity index (χ4n) is 2.22. The molecular formula is C19H17N5O2S2. The van der Waals surface area contributed by atoms with Crippen LogP contribution >= 0.6 is 23.1 Å². The van der Waals surface area contributed by atoms with Gasteiger partial charge in [-0.1, -0.05) is 29.2 Å². The van der Waals surface area contributed by atoms with Crippen LogP contribution in [0, 0.1) is 11.3 Å². The summed E-state index contributed by atoms with van der Waals surface area (Å²) < 4.78 is 5.82. The molecule has 9 heteroatoms. The third kappa shape index (κ3) is 5.22. The van der Waals surface area contributed by atoms with E-state index in [1.807, 2.05) is 24.3 Å². The maximum absolute atomic E-state index is 12.4. The Kier molecular flexibility index (Phi) is 6.47.